The van der Waals surface area contributed by atoms with Gasteiger partial charge in [0.2, 0.25) is 0 Å². The molecule has 1 aliphatic rings. The number of carbonyl (C=O) groups excluding carboxylic acids is 1. The first kappa shape index (κ1) is 15.0. The number of hydrogen-bond acceptors (Lipinski definition) is 4. The fourth-order valence-corrected chi connectivity index (χ4v) is 4.12. The van der Waals surface area contributed by atoms with Gasteiger partial charge in [-0.25, -0.2) is 0 Å². The Kier molecular flexibility index (Phi) is 4.71. The fraction of sp³-hybridized carbons (Fsp3) is 0.0556. The van der Waals surface area contributed by atoms with Gasteiger partial charge in [-0.3, -0.25) is 4.79 Å². The Bertz CT molecular complexity index is 731. The van der Waals surface area contributed by atoms with Gasteiger partial charge in [0, 0.05) is 16.5 Å². The van der Waals surface area contributed by atoms with Gasteiger partial charge in [-0.2, -0.15) is 0 Å². The second-order valence-electron chi connectivity index (χ2n) is 4.62. The van der Waals surface area contributed by atoms with Crippen molar-refractivity contribution >= 4 is 34.2 Å². The van der Waals surface area contributed by atoms with E-state index in [-0.39, 0.29) is 5.78 Å². The van der Waals surface area contributed by atoms with E-state index in [4.69, 9.17) is 4.74 Å². The second-order valence-corrected chi connectivity index (χ2v) is 6.88. The van der Waals surface area contributed by atoms with Crippen LogP contribution in [0.5, 0.6) is 5.75 Å². The van der Waals surface area contributed by atoms with Crippen molar-refractivity contribution in [1.82, 2.24) is 0 Å². The number of carbonyl (C=O) groups is 1. The smallest absolute Gasteiger partial charge is 0.187 e. The summed E-state index contributed by atoms with van der Waals surface area (Å²) in [4.78, 5) is 13.3. The lowest BCUT2D eigenvalue weighted by molar-refractivity contribution is 0.104. The Morgan fingerprint density at radius 3 is 2.45 bits per heavy atom. The fourth-order valence-electron chi connectivity index (χ4n) is 2.01. The third-order valence-corrected chi connectivity index (χ3v) is 5.46. The zero-order valence-corrected chi connectivity index (χ0v) is 13.6. The van der Waals surface area contributed by atoms with E-state index < -0.39 is 0 Å². The molecule has 0 atom stereocenters. The number of ketones is 1. The molecule has 0 aromatic heterocycles. The molecule has 0 radical (unpaired) electrons. The van der Waals surface area contributed by atoms with Crippen LogP contribution in [0.15, 0.2) is 70.3 Å². The first-order valence-electron chi connectivity index (χ1n) is 6.76. The Labute approximate surface area is 138 Å². The SMILES string of the molecule is COc1ccc(C2=CS/C(=C/C(=O)c3ccccc3)S2)cc1. The van der Waals surface area contributed by atoms with E-state index in [2.05, 4.69) is 5.41 Å². The number of benzene rings is 2. The summed E-state index contributed by atoms with van der Waals surface area (Å²) in [6.45, 7) is 0. The molecule has 0 fully saturated rings. The summed E-state index contributed by atoms with van der Waals surface area (Å²) >= 11 is 3.21. The standard InChI is InChI=1S/C18H14O2S2/c1-20-15-9-7-14(8-10-15)17-12-21-18(22-17)11-16(19)13-5-3-2-4-6-13/h2-12H,1H3/b18-11-. The molecule has 0 bridgehead atoms. The van der Waals surface area contributed by atoms with Gasteiger partial charge >= 0.3 is 0 Å². The molecule has 1 heterocycles. The minimum atomic E-state index is 0.0416. The van der Waals surface area contributed by atoms with Crippen LogP contribution < -0.4 is 4.74 Å². The summed E-state index contributed by atoms with van der Waals surface area (Å²) in [6, 6.07) is 17.3. The molecule has 2 nitrogen and oxygen atoms in total. The summed E-state index contributed by atoms with van der Waals surface area (Å²) in [6.07, 6.45) is 1.71. The van der Waals surface area contributed by atoms with Crippen molar-refractivity contribution in [1.29, 1.82) is 0 Å². The van der Waals surface area contributed by atoms with E-state index in [1.165, 1.54) is 0 Å². The minimum Gasteiger partial charge on any atom is -0.497 e. The molecule has 1 aliphatic heterocycles. The molecule has 2 aromatic rings. The maximum absolute atomic E-state index is 12.2. The second kappa shape index (κ2) is 6.90. The first-order chi connectivity index (χ1) is 10.8. The predicted octanol–water partition coefficient (Wildman–Crippen LogP) is 5.20. The molecule has 3 rings (SSSR count). The molecular formula is C18H14O2S2. The number of allylic oxidation sites excluding steroid dienone is 1. The lowest BCUT2D eigenvalue weighted by Crippen LogP contribution is -1.93. The van der Waals surface area contributed by atoms with E-state index >= 15 is 0 Å². The van der Waals surface area contributed by atoms with Crippen molar-refractivity contribution in [2.45, 2.75) is 0 Å². The number of rotatable bonds is 4. The molecular weight excluding hydrogens is 312 g/mol. The third-order valence-electron chi connectivity index (χ3n) is 3.17. The summed E-state index contributed by atoms with van der Waals surface area (Å²) in [5, 5.41) is 2.08. The van der Waals surface area contributed by atoms with E-state index in [1.807, 2.05) is 54.6 Å². The Balaban J connectivity index is 1.70. The van der Waals surface area contributed by atoms with Crippen molar-refractivity contribution in [2.75, 3.05) is 7.11 Å². The van der Waals surface area contributed by atoms with Gasteiger partial charge in [0.25, 0.3) is 0 Å². The maximum Gasteiger partial charge on any atom is 0.187 e. The van der Waals surface area contributed by atoms with Crippen LogP contribution in [0.1, 0.15) is 15.9 Å². The number of hydrogen-bond donors (Lipinski definition) is 0. The summed E-state index contributed by atoms with van der Waals surface area (Å²) in [5.41, 5.74) is 1.85. The first-order valence-corrected chi connectivity index (χ1v) is 8.46. The van der Waals surface area contributed by atoms with Crippen molar-refractivity contribution in [3.63, 3.8) is 0 Å². The van der Waals surface area contributed by atoms with Crippen LogP contribution in [0.3, 0.4) is 0 Å². The van der Waals surface area contributed by atoms with E-state index in [1.54, 1.807) is 36.7 Å². The molecule has 0 N–H and O–H groups in total. The molecule has 110 valence electrons. The minimum absolute atomic E-state index is 0.0416. The average Bonchev–Trinajstić information content (AvgIpc) is 3.04. The molecule has 22 heavy (non-hydrogen) atoms. The van der Waals surface area contributed by atoms with Gasteiger partial charge < -0.3 is 4.74 Å². The summed E-state index contributed by atoms with van der Waals surface area (Å²) in [5.74, 6) is 0.884. The van der Waals surface area contributed by atoms with Gasteiger partial charge in [-0.15, -0.1) is 0 Å². The van der Waals surface area contributed by atoms with Crippen LogP contribution in [0.25, 0.3) is 4.91 Å². The number of thioether (sulfide) groups is 2. The third kappa shape index (κ3) is 3.46. The zero-order chi connectivity index (χ0) is 15.4. The number of methoxy groups -OCH3 is 1. The van der Waals surface area contributed by atoms with Crippen molar-refractivity contribution in [3.8, 4) is 5.75 Å². The lowest BCUT2D eigenvalue weighted by atomic mass is 10.1. The highest BCUT2D eigenvalue weighted by Crippen LogP contribution is 2.48. The van der Waals surface area contributed by atoms with Crippen molar-refractivity contribution in [2.24, 2.45) is 0 Å². The highest BCUT2D eigenvalue weighted by atomic mass is 32.2. The van der Waals surface area contributed by atoms with Gasteiger partial charge in [0.1, 0.15) is 5.75 Å². The van der Waals surface area contributed by atoms with Crippen molar-refractivity contribution < 1.29 is 9.53 Å². The van der Waals surface area contributed by atoms with E-state index in [9.17, 15) is 4.79 Å². The van der Waals surface area contributed by atoms with Crippen LogP contribution in [-0.2, 0) is 0 Å². The Hall–Kier alpha value is -1.91. The zero-order valence-electron chi connectivity index (χ0n) is 12.0. The van der Waals surface area contributed by atoms with E-state index in [0.717, 1.165) is 20.5 Å². The molecule has 2 aromatic carbocycles. The molecule has 0 saturated heterocycles. The van der Waals surface area contributed by atoms with Crippen LogP contribution >= 0.6 is 23.5 Å². The maximum atomic E-state index is 12.2. The Morgan fingerprint density at radius 1 is 1.05 bits per heavy atom. The van der Waals surface area contributed by atoms with Gasteiger partial charge in [0.15, 0.2) is 5.78 Å². The molecule has 0 saturated carbocycles. The number of ether oxygens (including phenoxy) is 1. The van der Waals surface area contributed by atoms with Crippen molar-refractivity contribution in [3.05, 3.63) is 81.4 Å². The Morgan fingerprint density at radius 2 is 1.77 bits per heavy atom. The van der Waals surface area contributed by atoms with E-state index in [0.29, 0.717) is 5.56 Å². The summed E-state index contributed by atoms with van der Waals surface area (Å²) in [7, 11) is 1.66. The highest BCUT2D eigenvalue weighted by molar-refractivity contribution is 8.31. The lowest BCUT2D eigenvalue weighted by Gasteiger charge is -2.03. The van der Waals surface area contributed by atoms with Crippen LogP contribution in [0.2, 0.25) is 0 Å². The van der Waals surface area contributed by atoms with Gasteiger partial charge in [-0.05, 0) is 23.1 Å². The molecule has 0 unspecified atom stereocenters. The van der Waals surface area contributed by atoms with Crippen LogP contribution in [0.4, 0.5) is 0 Å². The van der Waals surface area contributed by atoms with Gasteiger partial charge in [-0.1, -0.05) is 66.0 Å². The monoisotopic (exact) mass is 326 g/mol. The van der Waals surface area contributed by atoms with Gasteiger partial charge in [0.05, 0.1) is 11.3 Å². The molecule has 0 spiro atoms. The topological polar surface area (TPSA) is 26.3 Å². The molecule has 0 aliphatic carbocycles. The quantitative estimate of drug-likeness (QED) is 0.570. The van der Waals surface area contributed by atoms with Crippen LogP contribution in [-0.4, -0.2) is 12.9 Å². The molecule has 0 amide bonds. The highest BCUT2D eigenvalue weighted by Gasteiger charge is 2.15. The normalized spacial score (nSPS) is 15.7. The van der Waals surface area contributed by atoms with Crippen LogP contribution in [0, 0.1) is 0 Å². The molecule has 4 heteroatoms. The largest absolute Gasteiger partial charge is 0.497 e. The summed E-state index contributed by atoms with van der Waals surface area (Å²) < 4.78 is 6.17. The average molecular weight is 326 g/mol. The predicted molar refractivity (Wildman–Crippen MR) is 95.0 cm³/mol.